The van der Waals surface area contributed by atoms with Crippen molar-refractivity contribution in [1.29, 1.82) is 0 Å². The molecule has 0 aromatic heterocycles. The Kier molecular flexibility index (Phi) is 5.65. The van der Waals surface area contributed by atoms with Gasteiger partial charge in [-0.05, 0) is 49.9 Å². The van der Waals surface area contributed by atoms with Crippen molar-refractivity contribution in [2.24, 2.45) is 0 Å². The summed E-state index contributed by atoms with van der Waals surface area (Å²) in [5.74, 6) is -0.667. The molecule has 1 aromatic carbocycles. The van der Waals surface area contributed by atoms with Crippen molar-refractivity contribution in [2.75, 3.05) is 5.75 Å². The third kappa shape index (κ3) is 5.00. The van der Waals surface area contributed by atoms with Gasteiger partial charge in [0, 0.05) is 5.02 Å². The van der Waals surface area contributed by atoms with Crippen molar-refractivity contribution in [2.45, 2.75) is 49.5 Å². The fourth-order valence-electron chi connectivity index (χ4n) is 2.41. The van der Waals surface area contributed by atoms with E-state index in [9.17, 15) is 13.2 Å². The monoisotopic (exact) mass is 330 g/mol. The van der Waals surface area contributed by atoms with Gasteiger partial charge in [-0.25, -0.2) is 8.42 Å². The van der Waals surface area contributed by atoms with Crippen molar-refractivity contribution in [3.05, 3.63) is 29.3 Å². The average Bonchev–Trinajstić information content (AvgIpc) is 2.47. The predicted molar refractivity (Wildman–Crippen MR) is 81.1 cm³/mol. The number of carbonyl (C=O) groups is 1. The lowest BCUT2D eigenvalue weighted by atomic mass is 9.98. The molecular formula is C15H19ClO4S. The van der Waals surface area contributed by atoms with Crippen LogP contribution in [0, 0.1) is 0 Å². The van der Waals surface area contributed by atoms with E-state index in [4.69, 9.17) is 16.3 Å². The number of benzene rings is 1. The van der Waals surface area contributed by atoms with Gasteiger partial charge in [-0.3, -0.25) is 4.79 Å². The minimum atomic E-state index is -3.47. The molecule has 6 heteroatoms. The van der Waals surface area contributed by atoms with E-state index >= 15 is 0 Å². The number of hydrogen-bond donors (Lipinski definition) is 0. The normalized spacial score (nSPS) is 16.6. The number of rotatable bonds is 5. The van der Waals surface area contributed by atoms with E-state index in [2.05, 4.69) is 0 Å². The highest BCUT2D eigenvalue weighted by atomic mass is 35.5. The first-order chi connectivity index (χ1) is 9.97. The van der Waals surface area contributed by atoms with Gasteiger partial charge < -0.3 is 4.74 Å². The van der Waals surface area contributed by atoms with Crippen LogP contribution in [0.1, 0.15) is 38.5 Å². The van der Waals surface area contributed by atoms with Gasteiger partial charge in [-0.15, -0.1) is 0 Å². The number of sulfone groups is 1. The summed E-state index contributed by atoms with van der Waals surface area (Å²) in [5, 5.41) is 0.477. The first kappa shape index (κ1) is 16.3. The summed E-state index contributed by atoms with van der Waals surface area (Å²) < 4.78 is 29.5. The van der Waals surface area contributed by atoms with Crippen molar-refractivity contribution in [3.8, 4) is 0 Å². The van der Waals surface area contributed by atoms with E-state index in [1.54, 1.807) is 0 Å². The quantitative estimate of drug-likeness (QED) is 0.776. The molecule has 4 nitrogen and oxygen atoms in total. The molecule has 0 N–H and O–H groups in total. The lowest BCUT2D eigenvalue weighted by Gasteiger charge is -2.21. The molecule has 0 radical (unpaired) electrons. The van der Waals surface area contributed by atoms with Gasteiger partial charge in [0.2, 0.25) is 0 Å². The van der Waals surface area contributed by atoms with Gasteiger partial charge in [0.05, 0.1) is 17.1 Å². The third-order valence-electron chi connectivity index (χ3n) is 3.60. The van der Waals surface area contributed by atoms with Crippen LogP contribution < -0.4 is 0 Å². The largest absolute Gasteiger partial charge is 0.462 e. The highest BCUT2D eigenvalue weighted by molar-refractivity contribution is 7.91. The lowest BCUT2D eigenvalue weighted by Crippen LogP contribution is -2.22. The Morgan fingerprint density at radius 2 is 1.76 bits per heavy atom. The average molecular weight is 331 g/mol. The van der Waals surface area contributed by atoms with E-state index in [0.29, 0.717) is 5.02 Å². The Bertz CT molecular complexity index is 574. The first-order valence-corrected chi connectivity index (χ1v) is 9.18. The Labute approximate surface area is 130 Å². The molecule has 0 spiro atoms. The molecule has 0 amide bonds. The molecular weight excluding hydrogens is 312 g/mol. The number of carbonyl (C=O) groups excluding carboxylic acids is 1. The molecule has 1 aliphatic rings. The standard InChI is InChI=1S/C15H19ClO4S/c16-12-6-8-14(9-7-12)21(18,19)11-10-15(17)20-13-4-2-1-3-5-13/h6-9,13H,1-5,10-11H2. The van der Waals surface area contributed by atoms with Crippen LogP contribution in [-0.2, 0) is 19.4 Å². The van der Waals surface area contributed by atoms with Crippen LogP contribution >= 0.6 is 11.6 Å². The molecule has 0 bridgehead atoms. The van der Waals surface area contributed by atoms with Gasteiger partial charge in [0.25, 0.3) is 0 Å². The molecule has 2 rings (SSSR count). The Morgan fingerprint density at radius 3 is 2.38 bits per heavy atom. The first-order valence-electron chi connectivity index (χ1n) is 7.15. The van der Waals surface area contributed by atoms with Gasteiger partial charge in [0.1, 0.15) is 6.10 Å². The highest BCUT2D eigenvalue weighted by Gasteiger charge is 2.20. The van der Waals surface area contributed by atoms with Crippen LogP contribution in [0.25, 0.3) is 0 Å². The van der Waals surface area contributed by atoms with Crippen LogP contribution in [0.5, 0.6) is 0 Å². The Hall–Kier alpha value is -1.07. The fourth-order valence-corrected chi connectivity index (χ4v) is 3.75. The summed E-state index contributed by atoms with van der Waals surface area (Å²) in [6.45, 7) is 0. The highest BCUT2D eigenvalue weighted by Crippen LogP contribution is 2.21. The molecule has 0 saturated heterocycles. The number of hydrogen-bond acceptors (Lipinski definition) is 4. The van der Waals surface area contributed by atoms with Gasteiger partial charge in [0.15, 0.2) is 9.84 Å². The van der Waals surface area contributed by atoms with Gasteiger partial charge in [-0.1, -0.05) is 18.0 Å². The maximum absolute atomic E-state index is 12.1. The van der Waals surface area contributed by atoms with Crippen LogP contribution in [0.4, 0.5) is 0 Å². The molecule has 116 valence electrons. The summed E-state index contributed by atoms with van der Waals surface area (Å²) in [6, 6.07) is 5.94. The van der Waals surface area contributed by atoms with Gasteiger partial charge >= 0.3 is 5.97 Å². The zero-order valence-corrected chi connectivity index (χ0v) is 13.3. The van der Waals surface area contributed by atoms with Crippen molar-refractivity contribution >= 4 is 27.4 Å². The topological polar surface area (TPSA) is 60.4 Å². The smallest absolute Gasteiger partial charge is 0.307 e. The molecule has 1 saturated carbocycles. The van der Waals surface area contributed by atoms with Crippen molar-refractivity contribution in [1.82, 2.24) is 0 Å². The molecule has 0 heterocycles. The third-order valence-corrected chi connectivity index (χ3v) is 5.58. The Balaban J connectivity index is 1.86. The summed E-state index contributed by atoms with van der Waals surface area (Å²) in [4.78, 5) is 11.9. The number of halogens is 1. The van der Waals surface area contributed by atoms with Crippen molar-refractivity contribution in [3.63, 3.8) is 0 Å². The summed E-state index contributed by atoms with van der Waals surface area (Å²) in [7, 11) is -3.47. The van der Waals surface area contributed by atoms with Crippen LogP contribution in [-0.4, -0.2) is 26.2 Å². The minimum absolute atomic E-state index is 0.0375. The lowest BCUT2D eigenvalue weighted by molar-refractivity contribution is -0.149. The summed E-state index contributed by atoms with van der Waals surface area (Å²) in [5.41, 5.74) is 0. The molecule has 1 aliphatic carbocycles. The second-order valence-corrected chi connectivity index (χ2v) is 7.82. The molecule has 0 aliphatic heterocycles. The molecule has 21 heavy (non-hydrogen) atoms. The predicted octanol–water partition coefficient (Wildman–Crippen LogP) is 3.38. The zero-order chi connectivity index (χ0) is 15.3. The molecule has 1 fully saturated rings. The van der Waals surface area contributed by atoms with E-state index in [0.717, 1.165) is 25.7 Å². The van der Waals surface area contributed by atoms with Crippen LogP contribution in [0.3, 0.4) is 0 Å². The second-order valence-electron chi connectivity index (χ2n) is 5.27. The summed E-state index contributed by atoms with van der Waals surface area (Å²) in [6.07, 6.45) is 4.94. The number of ether oxygens (including phenoxy) is 1. The van der Waals surface area contributed by atoms with E-state index in [-0.39, 0.29) is 23.2 Å². The van der Waals surface area contributed by atoms with Crippen LogP contribution in [0.15, 0.2) is 29.2 Å². The zero-order valence-electron chi connectivity index (χ0n) is 11.8. The van der Waals surface area contributed by atoms with Crippen molar-refractivity contribution < 1.29 is 17.9 Å². The summed E-state index contributed by atoms with van der Waals surface area (Å²) >= 11 is 5.73. The Morgan fingerprint density at radius 1 is 1.14 bits per heavy atom. The number of esters is 1. The molecule has 0 unspecified atom stereocenters. The van der Waals surface area contributed by atoms with E-state index in [1.807, 2.05) is 0 Å². The maximum atomic E-state index is 12.1. The second kappa shape index (κ2) is 7.27. The van der Waals surface area contributed by atoms with Gasteiger partial charge in [-0.2, -0.15) is 0 Å². The molecule has 1 aromatic rings. The fraction of sp³-hybridized carbons (Fsp3) is 0.533. The maximum Gasteiger partial charge on any atom is 0.307 e. The van der Waals surface area contributed by atoms with E-state index < -0.39 is 15.8 Å². The molecule has 0 atom stereocenters. The van der Waals surface area contributed by atoms with Crippen LogP contribution in [0.2, 0.25) is 5.02 Å². The minimum Gasteiger partial charge on any atom is -0.462 e. The SMILES string of the molecule is O=C(CCS(=O)(=O)c1ccc(Cl)cc1)OC1CCCCC1. The van der Waals surface area contributed by atoms with E-state index in [1.165, 1.54) is 30.7 Å².